The molecule has 2 rings (SSSR count). The molecule has 0 aliphatic carbocycles. The smallest absolute Gasteiger partial charge is 0.387 e. The molecule has 0 bridgehead atoms. The van der Waals surface area contributed by atoms with Gasteiger partial charge in [0.25, 0.3) is 0 Å². The van der Waals surface area contributed by atoms with Crippen LogP contribution in [0.25, 0.3) is 0 Å². The minimum absolute atomic E-state index is 0.108. The van der Waals surface area contributed by atoms with Crippen LogP contribution in [0.4, 0.5) is 8.78 Å². The Bertz CT molecular complexity index is 544. The van der Waals surface area contributed by atoms with Crippen molar-refractivity contribution in [2.75, 3.05) is 0 Å². The average molecular weight is 318 g/mol. The maximum atomic E-state index is 12.0. The molecule has 2 aromatic rings. The summed E-state index contributed by atoms with van der Waals surface area (Å²) in [6, 6.07) is 10.6. The van der Waals surface area contributed by atoms with E-state index >= 15 is 0 Å². The molecule has 2 nitrogen and oxygen atoms in total. The van der Waals surface area contributed by atoms with Crippen molar-refractivity contribution < 1.29 is 13.5 Å². The van der Waals surface area contributed by atoms with Gasteiger partial charge in [0.15, 0.2) is 0 Å². The van der Waals surface area contributed by atoms with Gasteiger partial charge in [0, 0.05) is 17.5 Å². The fourth-order valence-corrected chi connectivity index (χ4v) is 2.79. The fourth-order valence-electron chi connectivity index (χ4n) is 1.76. The third kappa shape index (κ3) is 4.44. The van der Waals surface area contributed by atoms with Gasteiger partial charge in [-0.3, -0.25) is 0 Å². The molecule has 1 unspecified atom stereocenters. The van der Waals surface area contributed by atoms with Crippen molar-refractivity contribution in [3.8, 4) is 5.75 Å². The van der Waals surface area contributed by atoms with Gasteiger partial charge in [-0.25, -0.2) is 0 Å². The number of halogens is 3. The number of ether oxygens (including phenoxy) is 1. The first-order chi connectivity index (χ1) is 9.54. The van der Waals surface area contributed by atoms with Crippen molar-refractivity contribution in [3.05, 3.63) is 51.2 Å². The van der Waals surface area contributed by atoms with Crippen molar-refractivity contribution in [1.82, 2.24) is 5.32 Å². The zero-order chi connectivity index (χ0) is 14.5. The van der Waals surface area contributed by atoms with Gasteiger partial charge in [0.05, 0.1) is 4.34 Å². The molecule has 0 aliphatic rings. The van der Waals surface area contributed by atoms with E-state index in [9.17, 15) is 8.78 Å². The number of hydrogen-bond donors (Lipinski definition) is 1. The van der Waals surface area contributed by atoms with Crippen LogP contribution in [0.2, 0.25) is 4.34 Å². The Kier molecular flexibility index (Phi) is 5.34. The van der Waals surface area contributed by atoms with E-state index in [1.54, 1.807) is 24.3 Å². The summed E-state index contributed by atoms with van der Waals surface area (Å²) in [7, 11) is 0. The van der Waals surface area contributed by atoms with Gasteiger partial charge in [0.1, 0.15) is 5.75 Å². The summed E-state index contributed by atoms with van der Waals surface area (Å²) >= 11 is 7.40. The number of alkyl halides is 2. The Morgan fingerprint density at radius 3 is 2.45 bits per heavy atom. The van der Waals surface area contributed by atoms with E-state index in [0.29, 0.717) is 6.54 Å². The average Bonchev–Trinajstić information content (AvgIpc) is 2.82. The SMILES string of the molecule is CC(NCc1ccc(Cl)s1)c1ccc(OC(F)F)cc1. The van der Waals surface area contributed by atoms with Crippen LogP contribution in [0, 0.1) is 0 Å². The number of thiophene rings is 1. The summed E-state index contributed by atoms with van der Waals surface area (Å²) in [6.45, 7) is -0.0635. The van der Waals surface area contributed by atoms with Crippen LogP contribution in [0.5, 0.6) is 5.75 Å². The zero-order valence-electron chi connectivity index (χ0n) is 10.8. The largest absolute Gasteiger partial charge is 0.435 e. The highest BCUT2D eigenvalue weighted by molar-refractivity contribution is 7.16. The third-order valence-electron chi connectivity index (χ3n) is 2.82. The van der Waals surface area contributed by atoms with Crippen molar-refractivity contribution in [2.45, 2.75) is 26.1 Å². The molecule has 0 radical (unpaired) electrons. The van der Waals surface area contributed by atoms with Crippen LogP contribution in [0.1, 0.15) is 23.4 Å². The van der Waals surface area contributed by atoms with Crippen molar-refractivity contribution in [3.63, 3.8) is 0 Å². The van der Waals surface area contributed by atoms with E-state index in [-0.39, 0.29) is 11.8 Å². The normalized spacial score (nSPS) is 12.7. The van der Waals surface area contributed by atoms with E-state index in [2.05, 4.69) is 10.1 Å². The lowest BCUT2D eigenvalue weighted by Gasteiger charge is -2.14. The van der Waals surface area contributed by atoms with Gasteiger partial charge in [-0.15, -0.1) is 11.3 Å². The number of rotatable bonds is 6. The van der Waals surface area contributed by atoms with Crippen molar-refractivity contribution in [1.29, 1.82) is 0 Å². The predicted molar refractivity (Wildman–Crippen MR) is 77.7 cm³/mol. The van der Waals surface area contributed by atoms with E-state index < -0.39 is 6.61 Å². The molecule has 1 atom stereocenters. The minimum Gasteiger partial charge on any atom is -0.435 e. The second-order valence-electron chi connectivity index (χ2n) is 4.26. The van der Waals surface area contributed by atoms with Crippen LogP contribution in [-0.2, 0) is 6.54 Å². The van der Waals surface area contributed by atoms with Gasteiger partial charge in [-0.2, -0.15) is 8.78 Å². The standard InChI is InChI=1S/C14H14ClF2NOS/c1-9(18-8-12-6-7-13(15)20-12)10-2-4-11(5-3-10)19-14(16)17/h2-7,9,14,18H,8H2,1H3. The summed E-state index contributed by atoms with van der Waals surface area (Å²) < 4.78 is 29.2. The van der Waals surface area contributed by atoms with Gasteiger partial charge < -0.3 is 10.1 Å². The van der Waals surface area contributed by atoms with Gasteiger partial charge in [0.2, 0.25) is 0 Å². The lowest BCUT2D eigenvalue weighted by Crippen LogP contribution is -2.17. The lowest BCUT2D eigenvalue weighted by molar-refractivity contribution is -0.0498. The van der Waals surface area contributed by atoms with Crippen molar-refractivity contribution in [2.24, 2.45) is 0 Å². The number of nitrogens with one attached hydrogen (secondary N) is 1. The zero-order valence-corrected chi connectivity index (χ0v) is 12.3. The molecule has 0 amide bonds. The summed E-state index contributed by atoms with van der Waals surface area (Å²) in [5.74, 6) is 0.168. The van der Waals surface area contributed by atoms with Gasteiger partial charge in [-0.1, -0.05) is 23.7 Å². The fraction of sp³-hybridized carbons (Fsp3) is 0.286. The lowest BCUT2D eigenvalue weighted by atomic mass is 10.1. The highest BCUT2D eigenvalue weighted by Crippen LogP contribution is 2.23. The van der Waals surface area contributed by atoms with E-state index in [0.717, 1.165) is 14.8 Å². The quantitative estimate of drug-likeness (QED) is 0.822. The number of benzene rings is 1. The van der Waals surface area contributed by atoms with Crippen molar-refractivity contribution >= 4 is 22.9 Å². The van der Waals surface area contributed by atoms with Gasteiger partial charge >= 0.3 is 6.61 Å². The summed E-state index contributed by atoms with van der Waals surface area (Å²) in [6.07, 6.45) is 0. The summed E-state index contributed by atoms with van der Waals surface area (Å²) in [4.78, 5) is 1.15. The molecule has 0 saturated carbocycles. The van der Waals surface area contributed by atoms with E-state index in [1.165, 1.54) is 11.3 Å². The predicted octanol–water partition coefficient (Wildman–Crippen LogP) is 4.85. The first kappa shape index (κ1) is 15.2. The van der Waals surface area contributed by atoms with Gasteiger partial charge in [-0.05, 0) is 36.8 Å². The summed E-state index contributed by atoms with van der Waals surface area (Å²) in [5.41, 5.74) is 1.01. The Hall–Kier alpha value is -1.17. The Morgan fingerprint density at radius 1 is 1.20 bits per heavy atom. The molecule has 108 valence electrons. The molecule has 0 aliphatic heterocycles. The monoisotopic (exact) mass is 317 g/mol. The molecular weight excluding hydrogens is 304 g/mol. The second kappa shape index (κ2) is 7.02. The first-order valence-corrected chi connectivity index (χ1v) is 7.26. The minimum atomic E-state index is -2.79. The molecule has 1 heterocycles. The maximum Gasteiger partial charge on any atom is 0.387 e. The topological polar surface area (TPSA) is 21.3 Å². The molecule has 20 heavy (non-hydrogen) atoms. The highest BCUT2D eigenvalue weighted by atomic mass is 35.5. The molecule has 0 saturated heterocycles. The van der Waals surface area contributed by atoms with E-state index in [4.69, 9.17) is 11.6 Å². The van der Waals surface area contributed by atoms with E-state index in [1.807, 2.05) is 19.1 Å². The highest BCUT2D eigenvalue weighted by Gasteiger charge is 2.08. The summed E-state index contributed by atoms with van der Waals surface area (Å²) in [5, 5.41) is 3.35. The molecule has 1 aromatic carbocycles. The molecule has 0 spiro atoms. The van der Waals surface area contributed by atoms with Crippen LogP contribution >= 0.6 is 22.9 Å². The molecule has 6 heteroatoms. The second-order valence-corrected chi connectivity index (χ2v) is 6.06. The molecule has 1 N–H and O–H groups in total. The van der Waals surface area contributed by atoms with Crippen LogP contribution < -0.4 is 10.1 Å². The Morgan fingerprint density at radius 2 is 1.90 bits per heavy atom. The molecular formula is C14H14ClF2NOS. The van der Waals surface area contributed by atoms with Crippen LogP contribution in [0.3, 0.4) is 0 Å². The van der Waals surface area contributed by atoms with Crippen LogP contribution in [-0.4, -0.2) is 6.61 Å². The maximum absolute atomic E-state index is 12.0. The molecule has 0 fully saturated rings. The third-order valence-corrected chi connectivity index (χ3v) is 4.05. The number of hydrogen-bond acceptors (Lipinski definition) is 3. The Balaban J connectivity index is 1.90. The molecule has 1 aromatic heterocycles. The first-order valence-electron chi connectivity index (χ1n) is 6.07. The van der Waals surface area contributed by atoms with Crippen LogP contribution in [0.15, 0.2) is 36.4 Å². The Labute approximate surface area is 125 Å².